The molecule has 0 spiro atoms. The molecule has 0 bridgehead atoms. The van der Waals surface area contributed by atoms with Crippen LogP contribution in [-0.4, -0.2) is 16.8 Å². The first-order valence-corrected chi connectivity index (χ1v) is 4.47. The molecule has 0 aliphatic heterocycles. The van der Waals surface area contributed by atoms with Gasteiger partial charge in [0.25, 0.3) is 0 Å². The highest BCUT2D eigenvalue weighted by atomic mass is 35.5. The van der Waals surface area contributed by atoms with Crippen molar-refractivity contribution < 1.29 is 10.2 Å². The average Bonchev–Trinajstić information content (AvgIpc) is 2.10. The van der Waals surface area contributed by atoms with Crippen LogP contribution in [0.5, 0.6) is 5.75 Å². The Morgan fingerprint density at radius 3 is 2.15 bits per heavy atom. The maximum Gasteiger partial charge on any atom is 0.137 e. The van der Waals surface area contributed by atoms with Crippen LogP contribution in [0.3, 0.4) is 0 Å². The van der Waals surface area contributed by atoms with Crippen LogP contribution in [0.2, 0.25) is 5.02 Å². The van der Waals surface area contributed by atoms with E-state index in [2.05, 4.69) is 0 Å². The van der Waals surface area contributed by atoms with E-state index in [1.807, 2.05) is 19.9 Å². The standard InChI is InChI=1S/C8H9ClO.C2H6O/c1-5-3-4-7(9)8(10)6(5)2;1-2-3/h3-4,10H,1-2H3;3H,2H2,1H3. The zero-order valence-corrected chi connectivity index (χ0v) is 8.89. The minimum Gasteiger partial charge on any atom is -0.506 e. The van der Waals surface area contributed by atoms with Crippen LogP contribution in [0.1, 0.15) is 18.1 Å². The van der Waals surface area contributed by atoms with Crippen molar-refractivity contribution in [2.75, 3.05) is 6.61 Å². The van der Waals surface area contributed by atoms with Gasteiger partial charge in [-0.05, 0) is 38.0 Å². The summed E-state index contributed by atoms with van der Waals surface area (Å²) in [6, 6.07) is 3.58. The van der Waals surface area contributed by atoms with E-state index in [-0.39, 0.29) is 12.4 Å². The Morgan fingerprint density at radius 1 is 1.31 bits per heavy atom. The molecule has 1 aromatic carbocycles. The van der Waals surface area contributed by atoms with Crippen LogP contribution in [0.4, 0.5) is 0 Å². The van der Waals surface area contributed by atoms with Crippen LogP contribution in [0.25, 0.3) is 0 Å². The van der Waals surface area contributed by atoms with Crippen LogP contribution in [-0.2, 0) is 0 Å². The van der Waals surface area contributed by atoms with Gasteiger partial charge in [-0.2, -0.15) is 0 Å². The van der Waals surface area contributed by atoms with Gasteiger partial charge in [0.05, 0.1) is 5.02 Å². The lowest BCUT2D eigenvalue weighted by Crippen LogP contribution is -1.80. The Kier molecular flexibility index (Phi) is 5.51. The molecule has 2 N–H and O–H groups in total. The van der Waals surface area contributed by atoms with E-state index in [0.717, 1.165) is 11.1 Å². The maximum absolute atomic E-state index is 9.26. The van der Waals surface area contributed by atoms with Crippen molar-refractivity contribution in [1.82, 2.24) is 0 Å². The predicted octanol–water partition coefficient (Wildman–Crippen LogP) is 2.66. The van der Waals surface area contributed by atoms with Gasteiger partial charge in [-0.15, -0.1) is 0 Å². The molecule has 0 aliphatic rings. The summed E-state index contributed by atoms with van der Waals surface area (Å²) < 4.78 is 0. The Morgan fingerprint density at radius 2 is 1.77 bits per heavy atom. The molecule has 74 valence electrons. The number of halogens is 1. The van der Waals surface area contributed by atoms with Crippen molar-refractivity contribution in [3.05, 3.63) is 28.3 Å². The molecule has 0 radical (unpaired) electrons. The van der Waals surface area contributed by atoms with Gasteiger partial charge in [0, 0.05) is 6.61 Å². The third-order valence-electron chi connectivity index (χ3n) is 1.65. The number of phenolic OH excluding ortho intramolecular Hbond substituents is 1. The molecular formula is C10H15ClO2. The van der Waals surface area contributed by atoms with E-state index in [0.29, 0.717) is 5.02 Å². The second-order valence-corrected chi connectivity index (χ2v) is 3.06. The average molecular weight is 203 g/mol. The van der Waals surface area contributed by atoms with Gasteiger partial charge < -0.3 is 10.2 Å². The molecule has 0 aromatic heterocycles. The van der Waals surface area contributed by atoms with Gasteiger partial charge in [0.1, 0.15) is 5.75 Å². The number of benzene rings is 1. The zero-order valence-electron chi connectivity index (χ0n) is 8.13. The quantitative estimate of drug-likeness (QED) is 0.679. The summed E-state index contributed by atoms with van der Waals surface area (Å²) in [6.45, 7) is 5.71. The van der Waals surface area contributed by atoms with Gasteiger partial charge in [0.15, 0.2) is 0 Å². The van der Waals surface area contributed by atoms with Crippen molar-refractivity contribution in [2.24, 2.45) is 0 Å². The SMILES string of the molecule is CCO.Cc1ccc(Cl)c(O)c1C. The van der Waals surface area contributed by atoms with E-state index in [9.17, 15) is 5.11 Å². The summed E-state index contributed by atoms with van der Waals surface area (Å²) in [5.41, 5.74) is 1.91. The Balaban J connectivity index is 0.000000424. The van der Waals surface area contributed by atoms with Crippen molar-refractivity contribution in [3.63, 3.8) is 0 Å². The Labute approximate surface area is 83.8 Å². The predicted molar refractivity (Wildman–Crippen MR) is 55.4 cm³/mol. The molecule has 0 saturated carbocycles. The zero-order chi connectivity index (χ0) is 10.4. The lowest BCUT2D eigenvalue weighted by Gasteiger charge is -2.02. The van der Waals surface area contributed by atoms with E-state index in [1.165, 1.54) is 0 Å². The van der Waals surface area contributed by atoms with E-state index in [4.69, 9.17) is 16.7 Å². The summed E-state index contributed by atoms with van der Waals surface area (Å²) in [6.07, 6.45) is 0. The molecule has 3 heteroatoms. The van der Waals surface area contributed by atoms with Crippen molar-refractivity contribution in [2.45, 2.75) is 20.8 Å². The molecule has 1 aromatic rings. The molecule has 0 atom stereocenters. The van der Waals surface area contributed by atoms with Gasteiger partial charge in [-0.1, -0.05) is 17.7 Å². The van der Waals surface area contributed by atoms with Crippen LogP contribution in [0, 0.1) is 13.8 Å². The second kappa shape index (κ2) is 5.84. The fourth-order valence-electron chi connectivity index (χ4n) is 0.768. The van der Waals surface area contributed by atoms with Crippen molar-refractivity contribution >= 4 is 11.6 Å². The largest absolute Gasteiger partial charge is 0.506 e. The lowest BCUT2D eigenvalue weighted by atomic mass is 10.1. The summed E-state index contributed by atoms with van der Waals surface area (Å²) in [7, 11) is 0. The summed E-state index contributed by atoms with van der Waals surface area (Å²) in [5.74, 6) is 0.196. The number of phenols is 1. The van der Waals surface area contributed by atoms with Crippen LogP contribution in [0.15, 0.2) is 12.1 Å². The monoisotopic (exact) mass is 202 g/mol. The van der Waals surface area contributed by atoms with Crippen molar-refractivity contribution in [1.29, 1.82) is 0 Å². The minimum absolute atomic E-state index is 0.196. The molecule has 0 saturated heterocycles. The maximum atomic E-state index is 9.26. The molecule has 0 unspecified atom stereocenters. The van der Waals surface area contributed by atoms with E-state index >= 15 is 0 Å². The fourth-order valence-corrected chi connectivity index (χ4v) is 0.973. The van der Waals surface area contributed by atoms with Crippen LogP contribution < -0.4 is 0 Å². The minimum atomic E-state index is 0.196. The number of hydrogen-bond acceptors (Lipinski definition) is 2. The van der Waals surface area contributed by atoms with Gasteiger partial charge in [0.2, 0.25) is 0 Å². The summed E-state index contributed by atoms with van der Waals surface area (Å²) in [4.78, 5) is 0. The number of rotatable bonds is 0. The topological polar surface area (TPSA) is 40.5 Å². The molecule has 0 heterocycles. The van der Waals surface area contributed by atoms with E-state index in [1.54, 1.807) is 13.0 Å². The third kappa shape index (κ3) is 3.66. The van der Waals surface area contributed by atoms with Gasteiger partial charge in [-0.3, -0.25) is 0 Å². The second-order valence-electron chi connectivity index (χ2n) is 2.65. The summed E-state index contributed by atoms with van der Waals surface area (Å²) >= 11 is 5.64. The Bertz CT molecular complexity index is 245. The first-order chi connectivity index (χ1) is 6.04. The third-order valence-corrected chi connectivity index (χ3v) is 1.96. The molecule has 0 fully saturated rings. The Hall–Kier alpha value is -0.730. The van der Waals surface area contributed by atoms with Gasteiger partial charge in [-0.25, -0.2) is 0 Å². The molecule has 1 rings (SSSR count). The normalized spacial score (nSPS) is 9.00. The first kappa shape index (κ1) is 12.3. The first-order valence-electron chi connectivity index (χ1n) is 4.10. The highest BCUT2D eigenvalue weighted by molar-refractivity contribution is 6.32. The van der Waals surface area contributed by atoms with Crippen molar-refractivity contribution in [3.8, 4) is 5.75 Å². The highest BCUT2D eigenvalue weighted by Crippen LogP contribution is 2.28. The smallest absolute Gasteiger partial charge is 0.137 e. The number of aryl methyl sites for hydroxylation is 1. The highest BCUT2D eigenvalue weighted by Gasteiger charge is 2.02. The number of aromatic hydroxyl groups is 1. The molecule has 2 nitrogen and oxygen atoms in total. The van der Waals surface area contributed by atoms with E-state index < -0.39 is 0 Å². The number of aliphatic hydroxyl groups is 1. The number of hydrogen-bond donors (Lipinski definition) is 2. The molecule has 13 heavy (non-hydrogen) atoms. The van der Waals surface area contributed by atoms with Crippen LogP contribution >= 0.6 is 11.6 Å². The molecular weight excluding hydrogens is 188 g/mol. The summed E-state index contributed by atoms with van der Waals surface area (Å²) in [5, 5.41) is 17.2. The molecule has 0 aliphatic carbocycles. The fraction of sp³-hybridized carbons (Fsp3) is 0.400. The lowest BCUT2D eigenvalue weighted by molar-refractivity contribution is 0.318. The number of aliphatic hydroxyl groups excluding tert-OH is 1. The van der Waals surface area contributed by atoms with Gasteiger partial charge >= 0.3 is 0 Å². The molecule has 0 amide bonds.